The molecule has 0 saturated heterocycles. The molecule has 0 saturated carbocycles. The van der Waals surface area contributed by atoms with Gasteiger partial charge in [-0.25, -0.2) is 4.98 Å². The number of aromatic nitrogens is 2. The van der Waals surface area contributed by atoms with Crippen LogP contribution in [0.2, 0.25) is 0 Å². The second-order valence-electron chi connectivity index (χ2n) is 4.08. The highest BCUT2D eigenvalue weighted by Crippen LogP contribution is 2.11. The predicted octanol–water partition coefficient (Wildman–Crippen LogP) is 2.78. The van der Waals surface area contributed by atoms with Crippen molar-refractivity contribution in [2.75, 3.05) is 5.32 Å². The smallest absolute Gasteiger partial charge is 0.128 e. The van der Waals surface area contributed by atoms with Crippen LogP contribution in [0.3, 0.4) is 0 Å². The molecule has 1 heterocycles. The van der Waals surface area contributed by atoms with E-state index in [0.29, 0.717) is 12.1 Å². The Kier molecular flexibility index (Phi) is 3.98. The molecule has 1 aromatic heterocycles. The van der Waals surface area contributed by atoms with Gasteiger partial charge in [0.05, 0.1) is 18.2 Å². The van der Waals surface area contributed by atoms with Crippen molar-refractivity contribution in [3.63, 3.8) is 0 Å². The van der Waals surface area contributed by atoms with Crippen molar-refractivity contribution in [3.8, 4) is 6.07 Å². The molecule has 0 unspecified atom stereocenters. The molecule has 0 spiro atoms. The van der Waals surface area contributed by atoms with Crippen molar-refractivity contribution in [1.82, 2.24) is 9.55 Å². The number of nitrogens with zero attached hydrogens (tertiary/aromatic N) is 3. The van der Waals surface area contributed by atoms with Gasteiger partial charge < -0.3 is 9.88 Å². The van der Waals surface area contributed by atoms with Crippen LogP contribution in [0.1, 0.15) is 24.7 Å². The topological polar surface area (TPSA) is 53.6 Å². The van der Waals surface area contributed by atoms with Crippen molar-refractivity contribution < 1.29 is 0 Å². The first-order chi connectivity index (χ1) is 8.83. The van der Waals surface area contributed by atoms with Crippen molar-refractivity contribution in [2.45, 2.75) is 26.4 Å². The molecular formula is C14H16N4. The summed E-state index contributed by atoms with van der Waals surface area (Å²) in [6.45, 7) is 3.80. The molecule has 0 radical (unpaired) electrons. The SMILES string of the molecule is CCCn1ccnc1CNc1cccc(C#N)c1. The second kappa shape index (κ2) is 5.87. The number of hydrogen-bond acceptors (Lipinski definition) is 3. The third kappa shape index (κ3) is 2.89. The van der Waals surface area contributed by atoms with Crippen molar-refractivity contribution in [2.24, 2.45) is 0 Å². The number of rotatable bonds is 5. The Labute approximate surface area is 107 Å². The number of nitriles is 1. The molecule has 18 heavy (non-hydrogen) atoms. The highest BCUT2D eigenvalue weighted by Gasteiger charge is 2.02. The molecule has 0 aliphatic rings. The lowest BCUT2D eigenvalue weighted by Gasteiger charge is -2.08. The van der Waals surface area contributed by atoms with E-state index in [0.717, 1.165) is 24.5 Å². The Hall–Kier alpha value is -2.28. The molecular weight excluding hydrogens is 224 g/mol. The summed E-state index contributed by atoms with van der Waals surface area (Å²) < 4.78 is 2.14. The van der Waals surface area contributed by atoms with Crippen LogP contribution in [0.5, 0.6) is 0 Å². The van der Waals surface area contributed by atoms with Crippen LogP contribution in [0, 0.1) is 11.3 Å². The van der Waals surface area contributed by atoms with Crippen LogP contribution in [0.4, 0.5) is 5.69 Å². The van der Waals surface area contributed by atoms with Gasteiger partial charge in [-0.1, -0.05) is 13.0 Å². The third-order valence-corrected chi connectivity index (χ3v) is 2.71. The average molecular weight is 240 g/mol. The Morgan fingerprint density at radius 1 is 1.44 bits per heavy atom. The molecule has 92 valence electrons. The molecule has 0 atom stereocenters. The van der Waals surface area contributed by atoms with E-state index in [1.807, 2.05) is 30.6 Å². The van der Waals surface area contributed by atoms with E-state index in [-0.39, 0.29) is 0 Å². The zero-order valence-corrected chi connectivity index (χ0v) is 10.4. The van der Waals surface area contributed by atoms with Crippen LogP contribution < -0.4 is 5.32 Å². The van der Waals surface area contributed by atoms with Gasteiger partial charge in [0.2, 0.25) is 0 Å². The summed E-state index contributed by atoms with van der Waals surface area (Å²) in [5.74, 6) is 1.01. The number of imidazole rings is 1. The van der Waals surface area contributed by atoms with E-state index in [2.05, 4.69) is 27.9 Å². The summed E-state index contributed by atoms with van der Waals surface area (Å²) >= 11 is 0. The molecule has 0 fully saturated rings. The summed E-state index contributed by atoms with van der Waals surface area (Å²) in [5, 5.41) is 12.1. The molecule has 0 bridgehead atoms. The van der Waals surface area contributed by atoms with Crippen LogP contribution in [0.15, 0.2) is 36.7 Å². The van der Waals surface area contributed by atoms with Crippen LogP contribution >= 0.6 is 0 Å². The summed E-state index contributed by atoms with van der Waals surface area (Å²) in [6, 6.07) is 9.59. The minimum atomic E-state index is 0.664. The van der Waals surface area contributed by atoms with Gasteiger partial charge in [-0.05, 0) is 24.6 Å². The molecule has 1 aromatic carbocycles. The van der Waals surface area contributed by atoms with E-state index in [1.54, 1.807) is 6.07 Å². The fraction of sp³-hybridized carbons (Fsp3) is 0.286. The molecule has 2 rings (SSSR count). The van der Waals surface area contributed by atoms with Gasteiger partial charge in [-0.3, -0.25) is 0 Å². The first-order valence-corrected chi connectivity index (χ1v) is 6.07. The fourth-order valence-corrected chi connectivity index (χ4v) is 1.83. The summed E-state index contributed by atoms with van der Waals surface area (Å²) in [4.78, 5) is 4.33. The van der Waals surface area contributed by atoms with Crippen molar-refractivity contribution >= 4 is 5.69 Å². The van der Waals surface area contributed by atoms with Gasteiger partial charge in [0, 0.05) is 24.6 Å². The Bertz CT molecular complexity index is 551. The van der Waals surface area contributed by atoms with E-state index in [1.165, 1.54) is 0 Å². The molecule has 2 aromatic rings. The lowest BCUT2D eigenvalue weighted by Crippen LogP contribution is -2.08. The molecule has 4 heteroatoms. The van der Waals surface area contributed by atoms with Gasteiger partial charge in [-0.2, -0.15) is 5.26 Å². The van der Waals surface area contributed by atoms with Crippen molar-refractivity contribution in [3.05, 3.63) is 48.0 Å². The third-order valence-electron chi connectivity index (χ3n) is 2.71. The number of hydrogen-bond donors (Lipinski definition) is 1. The molecule has 0 aliphatic carbocycles. The lowest BCUT2D eigenvalue weighted by molar-refractivity contribution is 0.644. The van der Waals surface area contributed by atoms with Crippen LogP contribution in [-0.4, -0.2) is 9.55 Å². The maximum absolute atomic E-state index is 8.83. The van der Waals surface area contributed by atoms with Gasteiger partial charge in [-0.15, -0.1) is 0 Å². The molecule has 0 aliphatic heterocycles. The maximum Gasteiger partial charge on any atom is 0.128 e. The number of nitrogens with one attached hydrogen (secondary N) is 1. The lowest BCUT2D eigenvalue weighted by atomic mass is 10.2. The largest absolute Gasteiger partial charge is 0.378 e. The first kappa shape index (κ1) is 12.2. The van der Waals surface area contributed by atoms with E-state index in [9.17, 15) is 0 Å². The Morgan fingerprint density at radius 3 is 3.11 bits per heavy atom. The van der Waals surface area contributed by atoms with Gasteiger partial charge >= 0.3 is 0 Å². The highest BCUT2D eigenvalue weighted by atomic mass is 15.1. The highest BCUT2D eigenvalue weighted by molar-refractivity contribution is 5.49. The van der Waals surface area contributed by atoms with E-state index >= 15 is 0 Å². The molecule has 4 nitrogen and oxygen atoms in total. The Morgan fingerprint density at radius 2 is 2.33 bits per heavy atom. The summed E-state index contributed by atoms with van der Waals surface area (Å²) in [5.41, 5.74) is 1.61. The molecule has 1 N–H and O–H groups in total. The molecule has 0 amide bonds. The maximum atomic E-state index is 8.83. The van der Waals surface area contributed by atoms with Gasteiger partial charge in [0.15, 0.2) is 0 Å². The van der Waals surface area contributed by atoms with Gasteiger partial charge in [0.1, 0.15) is 5.82 Å². The Balaban J connectivity index is 2.02. The summed E-state index contributed by atoms with van der Waals surface area (Å²) in [7, 11) is 0. The zero-order valence-electron chi connectivity index (χ0n) is 10.4. The first-order valence-electron chi connectivity index (χ1n) is 6.07. The minimum Gasteiger partial charge on any atom is -0.378 e. The van der Waals surface area contributed by atoms with Crippen LogP contribution in [0.25, 0.3) is 0 Å². The fourth-order valence-electron chi connectivity index (χ4n) is 1.83. The zero-order chi connectivity index (χ0) is 12.8. The normalized spacial score (nSPS) is 10.0. The standard InChI is InChI=1S/C14H16N4/c1-2-7-18-8-6-16-14(18)11-17-13-5-3-4-12(9-13)10-15/h3-6,8-9,17H,2,7,11H2,1H3. The average Bonchev–Trinajstić information content (AvgIpc) is 2.85. The van der Waals surface area contributed by atoms with Crippen molar-refractivity contribution in [1.29, 1.82) is 5.26 Å². The minimum absolute atomic E-state index is 0.664. The number of benzene rings is 1. The second-order valence-corrected chi connectivity index (χ2v) is 4.08. The monoisotopic (exact) mass is 240 g/mol. The van der Waals surface area contributed by atoms with Gasteiger partial charge in [0.25, 0.3) is 0 Å². The quantitative estimate of drug-likeness (QED) is 0.874. The summed E-state index contributed by atoms with van der Waals surface area (Å²) in [6.07, 6.45) is 4.90. The predicted molar refractivity (Wildman–Crippen MR) is 71.0 cm³/mol. The van der Waals surface area contributed by atoms with E-state index in [4.69, 9.17) is 5.26 Å². The number of aryl methyl sites for hydroxylation is 1. The van der Waals surface area contributed by atoms with Crippen LogP contribution in [-0.2, 0) is 13.1 Å². The van der Waals surface area contributed by atoms with E-state index < -0.39 is 0 Å². The number of anilines is 1.